The number of carbonyl (C=O) groups excluding carboxylic acids is 1. The summed E-state index contributed by atoms with van der Waals surface area (Å²) in [5.74, 6) is 0.199. The Balaban J connectivity index is 1.89. The highest BCUT2D eigenvalue weighted by Gasteiger charge is 2.37. The van der Waals surface area contributed by atoms with Crippen molar-refractivity contribution in [2.45, 2.75) is 45.4 Å². The first-order valence-electron chi connectivity index (χ1n) is 6.17. The van der Waals surface area contributed by atoms with Crippen molar-refractivity contribution >= 4 is 5.91 Å². The first-order chi connectivity index (χ1) is 7.26. The Hall–Kier alpha value is -0.790. The van der Waals surface area contributed by atoms with Gasteiger partial charge in [-0.1, -0.05) is 18.9 Å². The summed E-state index contributed by atoms with van der Waals surface area (Å²) >= 11 is 0. The number of carbonyl (C=O) groups is 1. The molecule has 0 radical (unpaired) electrons. The SMILES string of the molecule is C/C=C/C(=O)N1CCC2(CCCC2)CC1. The molecule has 0 aromatic heterocycles. The molecule has 0 aromatic carbocycles. The second-order valence-electron chi connectivity index (χ2n) is 5.03. The lowest BCUT2D eigenvalue weighted by Gasteiger charge is -2.39. The Kier molecular flexibility index (Phi) is 3.13. The minimum Gasteiger partial charge on any atom is -0.339 e. The van der Waals surface area contributed by atoms with Crippen molar-refractivity contribution in [3.05, 3.63) is 12.2 Å². The standard InChI is InChI=1S/C13H21NO/c1-2-5-12(15)14-10-8-13(9-11-14)6-3-4-7-13/h2,5H,3-4,6-11H2,1H3/b5-2+. The summed E-state index contributed by atoms with van der Waals surface area (Å²) in [5, 5.41) is 0. The van der Waals surface area contributed by atoms with Gasteiger partial charge in [-0.2, -0.15) is 0 Å². The number of rotatable bonds is 1. The van der Waals surface area contributed by atoms with Crippen molar-refractivity contribution in [1.82, 2.24) is 4.90 Å². The van der Waals surface area contributed by atoms with Gasteiger partial charge >= 0.3 is 0 Å². The largest absolute Gasteiger partial charge is 0.339 e. The highest BCUT2D eigenvalue weighted by atomic mass is 16.2. The number of likely N-dealkylation sites (tertiary alicyclic amines) is 1. The molecular formula is C13H21NO. The zero-order chi connectivity index (χ0) is 10.7. The van der Waals surface area contributed by atoms with E-state index in [1.54, 1.807) is 6.08 Å². The van der Waals surface area contributed by atoms with Gasteiger partial charge in [-0.05, 0) is 44.1 Å². The molecule has 2 rings (SSSR count). The van der Waals surface area contributed by atoms with E-state index < -0.39 is 0 Å². The van der Waals surface area contributed by atoms with Gasteiger partial charge in [0.1, 0.15) is 0 Å². The average Bonchev–Trinajstić information content (AvgIpc) is 2.68. The van der Waals surface area contributed by atoms with Crippen molar-refractivity contribution in [3.63, 3.8) is 0 Å². The second kappa shape index (κ2) is 4.38. The molecule has 1 heterocycles. The van der Waals surface area contributed by atoms with Crippen molar-refractivity contribution in [1.29, 1.82) is 0 Å². The first kappa shape index (κ1) is 10.7. The molecule has 0 atom stereocenters. The fourth-order valence-corrected chi connectivity index (χ4v) is 3.07. The number of amides is 1. The Morgan fingerprint density at radius 1 is 1.13 bits per heavy atom. The molecule has 2 fully saturated rings. The average molecular weight is 207 g/mol. The smallest absolute Gasteiger partial charge is 0.246 e. The van der Waals surface area contributed by atoms with Gasteiger partial charge in [-0.3, -0.25) is 4.79 Å². The molecule has 1 saturated heterocycles. The minimum atomic E-state index is 0.199. The van der Waals surface area contributed by atoms with Gasteiger partial charge in [0, 0.05) is 13.1 Å². The molecule has 1 spiro atoms. The molecule has 15 heavy (non-hydrogen) atoms. The second-order valence-corrected chi connectivity index (χ2v) is 5.03. The zero-order valence-electron chi connectivity index (χ0n) is 9.67. The van der Waals surface area contributed by atoms with Crippen LogP contribution in [0.5, 0.6) is 0 Å². The van der Waals surface area contributed by atoms with Gasteiger partial charge in [0.15, 0.2) is 0 Å². The topological polar surface area (TPSA) is 20.3 Å². The number of hydrogen-bond acceptors (Lipinski definition) is 1. The molecular weight excluding hydrogens is 186 g/mol. The number of nitrogens with zero attached hydrogens (tertiary/aromatic N) is 1. The maximum absolute atomic E-state index is 11.6. The van der Waals surface area contributed by atoms with Gasteiger partial charge < -0.3 is 4.90 Å². The van der Waals surface area contributed by atoms with Crippen LogP contribution in [0.25, 0.3) is 0 Å². The van der Waals surface area contributed by atoms with Crippen LogP contribution in [-0.2, 0) is 4.79 Å². The fraction of sp³-hybridized carbons (Fsp3) is 0.769. The van der Waals surface area contributed by atoms with E-state index in [9.17, 15) is 4.79 Å². The molecule has 2 nitrogen and oxygen atoms in total. The summed E-state index contributed by atoms with van der Waals surface area (Å²) < 4.78 is 0. The molecule has 2 aliphatic rings. The van der Waals surface area contributed by atoms with Gasteiger partial charge in [0.2, 0.25) is 5.91 Å². The van der Waals surface area contributed by atoms with Crippen LogP contribution in [0.15, 0.2) is 12.2 Å². The van der Waals surface area contributed by atoms with Crippen LogP contribution in [0.4, 0.5) is 0 Å². The van der Waals surface area contributed by atoms with Gasteiger partial charge in [0.05, 0.1) is 0 Å². The lowest BCUT2D eigenvalue weighted by molar-refractivity contribution is -0.128. The summed E-state index contributed by atoms with van der Waals surface area (Å²) in [4.78, 5) is 13.6. The van der Waals surface area contributed by atoms with Crippen LogP contribution in [0.3, 0.4) is 0 Å². The monoisotopic (exact) mass is 207 g/mol. The van der Waals surface area contributed by atoms with Crippen LogP contribution >= 0.6 is 0 Å². The van der Waals surface area contributed by atoms with Crippen LogP contribution < -0.4 is 0 Å². The molecule has 0 unspecified atom stereocenters. The molecule has 84 valence electrons. The molecule has 1 amide bonds. The van der Waals surface area contributed by atoms with E-state index in [4.69, 9.17) is 0 Å². The van der Waals surface area contributed by atoms with E-state index in [0.717, 1.165) is 13.1 Å². The predicted octanol–water partition coefficient (Wildman–Crippen LogP) is 2.75. The van der Waals surface area contributed by atoms with E-state index >= 15 is 0 Å². The predicted molar refractivity (Wildman–Crippen MR) is 61.5 cm³/mol. The van der Waals surface area contributed by atoms with Crippen molar-refractivity contribution in [2.24, 2.45) is 5.41 Å². The summed E-state index contributed by atoms with van der Waals surface area (Å²) in [5.41, 5.74) is 0.618. The maximum atomic E-state index is 11.6. The van der Waals surface area contributed by atoms with Gasteiger partial charge in [0.25, 0.3) is 0 Å². The molecule has 0 N–H and O–H groups in total. The Morgan fingerprint density at radius 3 is 2.27 bits per heavy atom. The summed E-state index contributed by atoms with van der Waals surface area (Å²) in [6.07, 6.45) is 11.6. The molecule has 0 bridgehead atoms. The molecule has 2 heteroatoms. The highest BCUT2D eigenvalue weighted by Crippen LogP contribution is 2.46. The molecule has 1 aliphatic carbocycles. The normalized spacial score (nSPS) is 25.3. The lowest BCUT2D eigenvalue weighted by Crippen LogP contribution is -2.41. The summed E-state index contributed by atoms with van der Waals surface area (Å²) in [7, 11) is 0. The third-order valence-corrected chi connectivity index (χ3v) is 4.11. The van der Waals surface area contributed by atoms with Crippen molar-refractivity contribution in [3.8, 4) is 0 Å². The van der Waals surface area contributed by atoms with Crippen LogP contribution in [0.1, 0.15) is 45.4 Å². The van der Waals surface area contributed by atoms with Crippen LogP contribution in [-0.4, -0.2) is 23.9 Å². The minimum absolute atomic E-state index is 0.199. The number of allylic oxidation sites excluding steroid dienone is 1. The molecule has 0 aromatic rings. The molecule has 1 saturated carbocycles. The highest BCUT2D eigenvalue weighted by molar-refractivity contribution is 5.87. The van der Waals surface area contributed by atoms with E-state index in [1.165, 1.54) is 38.5 Å². The van der Waals surface area contributed by atoms with Crippen LogP contribution in [0, 0.1) is 5.41 Å². The van der Waals surface area contributed by atoms with Crippen LogP contribution in [0.2, 0.25) is 0 Å². The van der Waals surface area contributed by atoms with Crippen molar-refractivity contribution in [2.75, 3.05) is 13.1 Å². The third-order valence-electron chi connectivity index (χ3n) is 4.11. The Labute approximate surface area is 92.3 Å². The Morgan fingerprint density at radius 2 is 1.73 bits per heavy atom. The van der Waals surface area contributed by atoms with E-state index in [-0.39, 0.29) is 5.91 Å². The Bertz CT molecular complexity index is 254. The quantitative estimate of drug-likeness (QED) is 0.605. The maximum Gasteiger partial charge on any atom is 0.246 e. The van der Waals surface area contributed by atoms with Gasteiger partial charge in [-0.25, -0.2) is 0 Å². The van der Waals surface area contributed by atoms with Gasteiger partial charge in [-0.15, -0.1) is 0 Å². The zero-order valence-corrected chi connectivity index (χ0v) is 9.67. The van der Waals surface area contributed by atoms with Crippen molar-refractivity contribution < 1.29 is 4.79 Å². The first-order valence-corrected chi connectivity index (χ1v) is 6.17. The van der Waals surface area contributed by atoms with E-state index in [1.807, 2.05) is 17.9 Å². The summed E-state index contributed by atoms with van der Waals surface area (Å²) in [6, 6.07) is 0. The van der Waals surface area contributed by atoms with E-state index in [0.29, 0.717) is 5.41 Å². The summed E-state index contributed by atoms with van der Waals surface area (Å²) in [6.45, 7) is 3.85. The number of piperidine rings is 1. The van der Waals surface area contributed by atoms with E-state index in [2.05, 4.69) is 0 Å². The fourth-order valence-electron chi connectivity index (χ4n) is 3.07. The lowest BCUT2D eigenvalue weighted by atomic mass is 9.77. The third kappa shape index (κ3) is 2.24. The molecule has 1 aliphatic heterocycles. The number of hydrogen-bond donors (Lipinski definition) is 0.